The molecule has 2 aromatic rings. The van der Waals surface area contributed by atoms with E-state index in [9.17, 15) is 4.39 Å². The Morgan fingerprint density at radius 3 is 2.47 bits per heavy atom. The lowest BCUT2D eigenvalue weighted by Gasteiger charge is -2.09. The van der Waals surface area contributed by atoms with Gasteiger partial charge in [0, 0.05) is 5.69 Å². The van der Waals surface area contributed by atoms with E-state index in [2.05, 4.69) is 5.32 Å². The second kappa shape index (κ2) is 5.07. The SMILES string of the molecule is N#Cc1ccc(Nc2ccc(F)c(C#N)c2)c(N)c1. The Balaban J connectivity index is 2.32. The largest absolute Gasteiger partial charge is 0.397 e. The number of nitrogens with one attached hydrogen (secondary N) is 1. The topological polar surface area (TPSA) is 85.6 Å². The molecule has 19 heavy (non-hydrogen) atoms. The molecule has 0 radical (unpaired) electrons. The molecule has 0 spiro atoms. The van der Waals surface area contributed by atoms with Gasteiger partial charge >= 0.3 is 0 Å². The fraction of sp³-hybridized carbons (Fsp3) is 0. The molecule has 0 bridgehead atoms. The summed E-state index contributed by atoms with van der Waals surface area (Å²) in [5.74, 6) is -0.569. The van der Waals surface area contributed by atoms with Crippen molar-refractivity contribution in [3.63, 3.8) is 0 Å². The lowest BCUT2D eigenvalue weighted by atomic mass is 10.1. The minimum absolute atomic E-state index is 0.0442. The van der Waals surface area contributed by atoms with Crippen molar-refractivity contribution in [1.29, 1.82) is 10.5 Å². The molecule has 0 unspecified atom stereocenters. The van der Waals surface area contributed by atoms with E-state index in [4.69, 9.17) is 16.3 Å². The summed E-state index contributed by atoms with van der Waals surface area (Å²) >= 11 is 0. The number of hydrogen-bond acceptors (Lipinski definition) is 4. The minimum Gasteiger partial charge on any atom is -0.397 e. The summed E-state index contributed by atoms with van der Waals surface area (Å²) in [5, 5.41) is 20.5. The van der Waals surface area contributed by atoms with Gasteiger partial charge in [0.15, 0.2) is 0 Å². The van der Waals surface area contributed by atoms with Crippen LogP contribution < -0.4 is 11.1 Å². The number of nitrogen functional groups attached to an aromatic ring is 1. The Bertz CT molecular complexity index is 710. The van der Waals surface area contributed by atoms with E-state index in [0.29, 0.717) is 22.6 Å². The molecule has 0 aliphatic rings. The van der Waals surface area contributed by atoms with Crippen LogP contribution in [0.15, 0.2) is 36.4 Å². The molecule has 0 aliphatic carbocycles. The molecule has 5 heteroatoms. The van der Waals surface area contributed by atoms with Crippen molar-refractivity contribution < 1.29 is 4.39 Å². The molecule has 0 fully saturated rings. The highest BCUT2D eigenvalue weighted by Gasteiger charge is 2.05. The van der Waals surface area contributed by atoms with Crippen LogP contribution in [0, 0.1) is 28.5 Å². The van der Waals surface area contributed by atoms with E-state index < -0.39 is 5.82 Å². The number of nitrogens with two attached hydrogens (primary N) is 1. The first kappa shape index (κ1) is 12.4. The van der Waals surface area contributed by atoms with Gasteiger partial charge in [0.2, 0.25) is 0 Å². The second-order valence-electron chi connectivity index (χ2n) is 3.85. The Hall–Kier alpha value is -3.05. The van der Waals surface area contributed by atoms with Crippen LogP contribution in [0.3, 0.4) is 0 Å². The molecule has 0 aliphatic heterocycles. The third-order valence-corrected chi connectivity index (χ3v) is 2.55. The smallest absolute Gasteiger partial charge is 0.141 e. The summed E-state index contributed by atoms with van der Waals surface area (Å²) in [6, 6.07) is 12.7. The number of anilines is 3. The molecule has 3 N–H and O–H groups in total. The van der Waals surface area contributed by atoms with Gasteiger partial charge in [-0.2, -0.15) is 10.5 Å². The number of halogens is 1. The zero-order valence-corrected chi connectivity index (χ0v) is 9.81. The molecule has 0 atom stereocenters. The first-order chi connectivity index (χ1) is 9.13. The van der Waals surface area contributed by atoms with Gasteiger partial charge in [0.05, 0.1) is 28.6 Å². The van der Waals surface area contributed by atoms with E-state index >= 15 is 0 Å². The molecular formula is C14H9FN4. The highest BCUT2D eigenvalue weighted by molar-refractivity contribution is 5.74. The highest BCUT2D eigenvalue weighted by Crippen LogP contribution is 2.25. The fourth-order valence-electron chi connectivity index (χ4n) is 1.59. The molecule has 0 saturated carbocycles. The molecule has 92 valence electrons. The van der Waals surface area contributed by atoms with Crippen LogP contribution in [0.25, 0.3) is 0 Å². The van der Waals surface area contributed by atoms with E-state index in [0.717, 1.165) is 0 Å². The Morgan fingerprint density at radius 1 is 1.05 bits per heavy atom. The Kier molecular flexibility index (Phi) is 3.31. The first-order valence-electron chi connectivity index (χ1n) is 5.40. The van der Waals surface area contributed by atoms with Crippen molar-refractivity contribution in [2.24, 2.45) is 0 Å². The maximum absolute atomic E-state index is 13.2. The Morgan fingerprint density at radius 2 is 1.84 bits per heavy atom. The van der Waals surface area contributed by atoms with Crippen LogP contribution >= 0.6 is 0 Å². The van der Waals surface area contributed by atoms with Crippen LogP contribution in [0.4, 0.5) is 21.5 Å². The van der Waals surface area contributed by atoms with Gasteiger partial charge in [-0.3, -0.25) is 0 Å². The predicted octanol–water partition coefficient (Wildman–Crippen LogP) is 2.89. The van der Waals surface area contributed by atoms with E-state index in [1.165, 1.54) is 24.3 Å². The number of rotatable bonds is 2. The highest BCUT2D eigenvalue weighted by atomic mass is 19.1. The van der Waals surface area contributed by atoms with Crippen LogP contribution in [0.2, 0.25) is 0 Å². The van der Waals surface area contributed by atoms with Gasteiger partial charge in [-0.25, -0.2) is 4.39 Å². The van der Waals surface area contributed by atoms with Gasteiger partial charge in [-0.05, 0) is 36.4 Å². The zero-order valence-electron chi connectivity index (χ0n) is 9.81. The fourth-order valence-corrected chi connectivity index (χ4v) is 1.59. The maximum Gasteiger partial charge on any atom is 0.141 e. The zero-order chi connectivity index (χ0) is 13.8. The standard InChI is InChI=1S/C14H9FN4/c15-12-3-2-11(6-10(12)8-17)19-14-4-1-9(7-16)5-13(14)18/h1-6,19H,18H2. The van der Waals surface area contributed by atoms with Crippen LogP contribution in [-0.4, -0.2) is 0 Å². The van der Waals surface area contributed by atoms with Gasteiger partial charge < -0.3 is 11.1 Å². The second-order valence-corrected chi connectivity index (χ2v) is 3.85. The molecule has 0 amide bonds. The van der Waals surface area contributed by atoms with Gasteiger partial charge in [-0.1, -0.05) is 0 Å². The summed E-state index contributed by atoms with van der Waals surface area (Å²) in [6.07, 6.45) is 0. The average molecular weight is 252 g/mol. The number of hydrogen-bond donors (Lipinski definition) is 2. The van der Waals surface area contributed by atoms with Gasteiger partial charge in [-0.15, -0.1) is 0 Å². The number of nitriles is 2. The summed E-state index contributed by atoms with van der Waals surface area (Å²) in [6.45, 7) is 0. The molecule has 0 heterocycles. The first-order valence-corrected chi connectivity index (χ1v) is 5.40. The van der Waals surface area contributed by atoms with Crippen molar-refractivity contribution >= 4 is 17.1 Å². The number of nitrogens with zero attached hydrogens (tertiary/aromatic N) is 2. The van der Waals surface area contributed by atoms with E-state index in [-0.39, 0.29) is 5.56 Å². The number of benzene rings is 2. The predicted molar refractivity (Wildman–Crippen MR) is 70.0 cm³/mol. The lowest BCUT2D eigenvalue weighted by Crippen LogP contribution is -1.97. The molecule has 0 aromatic heterocycles. The summed E-state index contributed by atoms with van der Waals surface area (Å²) in [5.41, 5.74) is 7.75. The van der Waals surface area contributed by atoms with Crippen LogP contribution in [0.5, 0.6) is 0 Å². The van der Waals surface area contributed by atoms with Crippen LogP contribution in [0.1, 0.15) is 11.1 Å². The van der Waals surface area contributed by atoms with Crippen molar-refractivity contribution in [2.45, 2.75) is 0 Å². The summed E-state index contributed by atoms with van der Waals surface area (Å²) < 4.78 is 13.2. The molecule has 2 rings (SSSR count). The third-order valence-electron chi connectivity index (χ3n) is 2.55. The summed E-state index contributed by atoms with van der Waals surface area (Å²) in [7, 11) is 0. The quantitative estimate of drug-likeness (QED) is 0.804. The van der Waals surface area contributed by atoms with Crippen molar-refractivity contribution in [2.75, 3.05) is 11.1 Å². The normalized spacial score (nSPS) is 9.42. The monoisotopic (exact) mass is 252 g/mol. The van der Waals surface area contributed by atoms with Crippen molar-refractivity contribution in [3.05, 3.63) is 53.3 Å². The minimum atomic E-state index is -0.569. The molecule has 0 saturated heterocycles. The summed E-state index contributed by atoms with van der Waals surface area (Å²) in [4.78, 5) is 0. The maximum atomic E-state index is 13.2. The van der Waals surface area contributed by atoms with Crippen LogP contribution in [-0.2, 0) is 0 Å². The molecule has 2 aromatic carbocycles. The molecular weight excluding hydrogens is 243 g/mol. The van der Waals surface area contributed by atoms with E-state index in [1.807, 2.05) is 6.07 Å². The lowest BCUT2D eigenvalue weighted by molar-refractivity contribution is 0.624. The van der Waals surface area contributed by atoms with Gasteiger partial charge in [0.1, 0.15) is 11.9 Å². The average Bonchev–Trinajstić information content (AvgIpc) is 2.43. The van der Waals surface area contributed by atoms with Crippen molar-refractivity contribution in [3.8, 4) is 12.1 Å². The van der Waals surface area contributed by atoms with Gasteiger partial charge in [0.25, 0.3) is 0 Å². The Labute approximate surface area is 109 Å². The van der Waals surface area contributed by atoms with E-state index in [1.54, 1.807) is 18.2 Å². The molecule has 4 nitrogen and oxygen atoms in total. The van der Waals surface area contributed by atoms with Crippen molar-refractivity contribution in [1.82, 2.24) is 0 Å². The third kappa shape index (κ3) is 2.62.